The molecule has 0 spiro atoms. The zero-order valence-electron chi connectivity index (χ0n) is 12.9. The van der Waals surface area contributed by atoms with Crippen LogP contribution >= 0.6 is 23.2 Å². The van der Waals surface area contributed by atoms with Gasteiger partial charge in [0.2, 0.25) is 0 Å². The van der Waals surface area contributed by atoms with Gasteiger partial charge in [-0.2, -0.15) is 0 Å². The number of aromatic nitrogens is 2. The van der Waals surface area contributed by atoms with E-state index in [0.717, 1.165) is 0 Å². The van der Waals surface area contributed by atoms with Crippen LogP contribution in [0, 0.1) is 0 Å². The Kier molecular flexibility index (Phi) is 6.67. The zero-order chi connectivity index (χ0) is 17.1. The van der Waals surface area contributed by atoms with Crippen LogP contribution in [0.1, 0.15) is 0 Å². The fraction of sp³-hybridized carbons (Fsp3) is 0. The minimum atomic E-state index is -0.0880. The van der Waals surface area contributed by atoms with Crippen LogP contribution < -0.4 is 10.2 Å². The van der Waals surface area contributed by atoms with E-state index in [9.17, 15) is 10.2 Å². The van der Waals surface area contributed by atoms with Crippen molar-refractivity contribution in [2.75, 3.05) is 0 Å². The first kappa shape index (κ1) is 19.5. The van der Waals surface area contributed by atoms with Gasteiger partial charge in [0.15, 0.2) is 0 Å². The van der Waals surface area contributed by atoms with E-state index in [1.807, 2.05) is 0 Å². The summed E-state index contributed by atoms with van der Waals surface area (Å²) in [5, 5.41) is 25.0. The van der Waals surface area contributed by atoms with Gasteiger partial charge in [-0.15, -0.1) is 0 Å². The molecule has 0 aliphatic carbocycles. The normalized spacial score (nSPS) is 10.0. The topological polar surface area (TPSA) is 71.9 Å². The molecule has 0 bridgehead atoms. The molecule has 4 nitrogen and oxygen atoms in total. The molecular formula is C18H10Cl2MgN2O2. The molecule has 2 aromatic heterocycles. The third-order valence-electron chi connectivity index (χ3n) is 3.36. The maximum atomic E-state index is 11.2. The Morgan fingerprint density at radius 3 is 1.40 bits per heavy atom. The van der Waals surface area contributed by atoms with Crippen LogP contribution in [0.2, 0.25) is 10.0 Å². The predicted octanol–water partition coefficient (Wildman–Crippen LogP) is 3.54. The summed E-state index contributed by atoms with van der Waals surface area (Å²) < 4.78 is 0. The zero-order valence-corrected chi connectivity index (χ0v) is 15.9. The maximum absolute atomic E-state index is 11.2. The Hall–Kier alpha value is -1.79. The first-order valence-corrected chi connectivity index (χ1v) is 7.74. The summed E-state index contributed by atoms with van der Waals surface area (Å²) in [6.45, 7) is 0. The van der Waals surface area contributed by atoms with Crippen LogP contribution in [0.3, 0.4) is 0 Å². The largest absolute Gasteiger partial charge is 2.00 e. The maximum Gasteiger partial charge on any atom is 2.00 e. The second kappa shape index (κ2) is 8.53. The SMILES string of the molecule is [Mg+2].[O-]c1ccc(Cl)c2cccnc12.[O-]c1ccc(Cl)c2cccnc12. The van der Waals surface area contributed by atoms with Gasteiger partial charge >= 0.3 is 23.1 Å². The summed E-state index contributed by atoms with van der Waals surface area (Å²) in [5.41, 5.74) is 0.870. The standard InChI is InChI=1S/2C9H6ClNO.Mg/c2*10-7-3-4-8(12)9-6(7)2-1-5-11-9;/h2*1-5,12H;/q;;+2/p-2. The van der Waals surface area contributed by atoms with Crippen LogP contribution in [0.15, 0.2) is 60.9 Å². The number of fused-ring (bicyclic) bond motifs is 2. The van der Waals surface area contributed by atoms with Gasteiger partial charge in [0.1, 0.15) is 0 Å². The minimum absolute atomic E-state index is 0. The molecular weight excluding hydrogens is 371 g/mol. The molecule has 0 aliphatic rings. The molecule has 0 unspecified atom stereocenters. The van der Waals surface area contributed by atoms with Crippen molar-refractivity contribution in [3.05, 3.63) is 71.0 Å². The minimum Gasteiger partial charge on any atom is -0.871 e. The van der Waals surface area contributed by atoms with Crippen LogP contribution in [-0.2, 0) is 0 Å². The number of benzene rings is 2. The molecule has 0 atom stereocenters. The average molecular weight is 382 g/mol. The second-order valence-electron chi connectivity index (χ2n) is 4.89. The number of halogens is 2. The molecule has 0 saturated carbocycles. The number of nitrogens with zero attached hydrogens (tertiary/aromatic N) is 2. The van der Waals surface area contributed by atoms with Crippen molar-refractivity contribution in [1.82, 2.24) is 9.97 Å². The molecule has 25 heavy (non-hydrogen) atoms. The molecule has 120 valence electrons. The first-order valence-electron chi connectivity index (χ1n) is 6.98. The van der Waals surface area contributed by atoms with Crippen molar-refractivity contribution in [2.24, 2.45) is 0 Å². The Balaban J connectivity index is 0.000000173. The van der Waals surface area contributed by atoms with E-state index >= 15 is 0 Å². The van der Waals surface area contributed by atoms with Gasteiger partial charge in [-0.25, -0.2) is 0 Å². The smallest absolute Gasteiger partial charge is 0.871 e. The Bertz CT molecular complexity index is 864. The molecule has 4 rings (SSSR count). The molecule has 0 fully saturated rings. The molecule has 0 N–H and O–H groups in total. The van der Waals surface area contributed by atoms with E-state index < -0.39 is 0 Å². The molecule has 0 saturated heterocycles. The van der Waals surface area contributed by atoms with Crippen molar-refractivity contribution in [3.63, 3.8) is 0 Å². The van der Waals surface area contributed by atoms with Crippen molar-refractivity contribution in [2.45, 2.75) is 0 Å². The quantitative estimate of drug-likeness (QED) is 0.437. The summed E-state index contributed by atoms with van der Waals surface area (Å²) in [6, 6.07) is 13.1. The second-order valence-corrected chi connectivity index (χ2v) is 5.70. The van der Waals surface area contributed by atoms with Crippen molar-refractivity contribution >= 4 is 68.1 Å². The Morgan fingerprint density at radius 2 is 1.04 bits per heavy atom. The van der Waals surface area contributed by atoms with Gasteiger partial charge in [-0.05, 0) is 36.4 Å². The summed E-state index contributed by atoms with van der Waals surface area (Å²) >= 11 is 11.7. The molecule has 2 heterocycles. The predicted molar refractivity (Wildman–Crippen MR) is 98.2 cm³/mol. The van der Waals surface area contributed by atoms with Crippen molar-refractivity contribution in [3.8, 4) is 11.5 Å². The van der Waals surface area contributed by atoms with Crippen LogP contribution in [0.5, 0.6) is 11.5 Å². The first-order chi connectivity index (χ1) is 11.6. The van der Waals surface area contributed by atoms with E-state index in [-0.39, 0.29) is 34.6 Å². The van der Waals surface area contributed by atoms with E-state index in [1.54, 1.807) is 48.8 Å². The monoisotopic (exact) mass is 380 g/mol. The number of pyridine rings is 2. The Labute approximate surface area is 170 Å². The van der Waals surface area contributed by atoms with Crippen molar-refractivity contribution < 1.29 is 10.2 Å². The van der Waals surface area contributed by atoms with Gasteiger partial charge in [-0.1, -0.05) is 46.8 Å². The number of hydrogen-bond acceptors (Lipinski definition) is 4. The van der Waals surface area contributed by atoms with Crippen LogP contribution in [0.25, 0.3) is 21.8 Å². The Morgan fingerprint density at radius 1 is 0.640 bits per heavy atom. The fourth-order valence-corrected chi connectivity index (χ4v) is 2.65. The number of rotatable bonds is 0. The summed E-state index contributed by atoms with van der Waals surface area (Å²) in [7, 11) is 0. The third-order valence-corrected chi connectivity index (χ3v) is 4.02. The van der Waals surface area contributed by atoms with E-state index in [0.29, 0.717) is 31.9 Å². The number of hydrogen-bond donors (Lipinski definition) is 0. The molecule has 0 amide bonds. The molecule has 4 aromatic rings. The molecule has 0 aliphatic heterocycles. The van der Waals surface area contributed by atoms with Gasteiger partial charge < -0.3 is 10.2 Å². The van der Waals surface area contributed by atoms with E-state index in [2.05, 4.69) is 9.97 Å². The summed E-state index contributed by atoms with van der Waals surface area (Å²) in [6.07, 6.45) is 3.17. The molecule has 2 aromatic carbocycles. The fourth-order valence-electron chi connectivity index (χ4n) is 2.22. The molecule has 7 heteroatoms. The van der Waals surface area contributed by atoms with Gasteiger partial charge in [0.05, 0.1) is 11.0 Å². The van der Waals surface area contributed by atoms with E-state index in [1.165, 1.54) is 12.1 Å². The van der Waals surface area contributed by atoms with Gasteiger partial charge in [-0.3, -0.25) is 9.97 Å². The third kappa shape index (κ3) is 4.25. The summed E-state index contributed by atoms with van der Waals surface area (Å²) in [5.74, 6) is -0.176. The van der Waals surface area contributed by atoms with Crippen LogP contribution in [-0.4, -0.2) is 33.0 Å². The van der Waals surface area contributed by atoms with Gasteiger partial charge in [0, 0.05) is 33.2 Å². The van der Waals surface area contributed by atoms with E-state index in [4.69, 9.17) is 23.2 Å². The van der Waals surface area contributed by atoms with Crippen LogP contribution in [0.4, 0.5) is 0 Å². The summed E-state index contributed by atoms with van der Waals surface area (Å²) in [4.78, 5) is 7.89. The van der Waals surface area contributed by atoms with Crippen molar-refractivity contribution in [1.29, 1.82) is 0 Å². The van der Waals surface area contributed by atoms with Gasteiger partial charge in [0.25, 0.3) is 0 Å². The average Bonchev–Trinajstić information content (AvgIpc) is 2.63. The molecule has 0 radical (unpaired) electrons.